The van der Waals surface area contributed by atoms with Crippen LogP contribution in [0.5, 0.6) is 0 Å². The first-order valence-corrected chi connectivity index (χ1v) is 5.39. The Hall–Kier alpha value is -2.01. The van der Waals surface area contributed by atoms with Gasteiger partial charge in [-0.1, -0.05) is 6.07 Å². The van der Waals surface area contributed by atoms with E-state index in [-0.39, 0.29) is 12.2 Å². The van der Waals surface area contributed by atoms with Crippen molar-refractivity contribution >= 4 is 0 Å². The summed E-state index contributed by atoms with van der Waals surface area (Å²) in [4.78, 5) is 15.9. The molecule has 2 aromatic heterocycles. The van der Waals surface area contributed by atoms with Crippen molar-refractivity contribution in [3.8, 4) is 11.4 Å². The van der Waals surface area contributed by atoms with Gasteiger partial charge in [0, 0.05) is 18.3 Å². The monoisotopic (exact) mass is 231 g/mol. The first-order valence-electron chi connectivity index (χ1n) is 5.39. The highest BCUT2D eigenvalue weighted by Gasteiger charge is 2.08. The minimum Gasteiger partial charge on any atom is -0.391 e. The second-order valence-electron chi connectivity index (χ2n) is 3.55. The molecule has 5 heteroatoms. The number of pyridine rings is 1. The van der Waals surface area contributed by atoms with Gasteiger partial charge in [0.05, 0.1) is 12.3 Å². The summed E-state index contributed by atoms with van der Waals surface area (Å²) in [5.74, 6) is 0. The second-order valence-corrected chi connectivity index (χ2v) is 3.55. The topological polar surface area (TPSA) is 68.0 Å². The third-order valence-electron chi connectivity index (χ3n) is 2.45. The molecule has 2 heterocycles. The summed E-state index contributed by atoms with van der Waals surface area (Å²) in [7, 11) is 0. The molecule has 0 saturated heterocycles. The summed E-state index contributed by atoms with van der Waals surface area (Å²) >= 11 is 0. The van der Waals surface area contributed by atoms with Crippen molar-refractivity contribution in [1.82, 2.24) is 14.8 Å². The Bertz CT molecular complexity index is 535. The van der Waals surface area contributed by atoms with E-state index in [1.807, 2.05) is 25.1 Å². The van der Waals surface area contributed by atoms with Crippen LogP contribution < -0.4 is 5.56 Å². The van der Waals surface area contributed by atoms with E-state index in [0.29, 0.717) is 23.5 Å². The highest BCUT2D eigenvalue weighted by atomic mass is 16.3. The molecule has 5 nitrogen and oxygen atoms in total. The van der Waals surface area contributed by atoms with Crippen molar-refractivity contribution in [1.29, 1.82) is 0 Å². The van der Waals surface area contributed by atoms with Crippen LogP contribution in [0.3, 0.4) is 0 Å². The maximum atomic E-state index is 11.7. The Labute approximate surface area is 98.4 Å². The molecule has 0 bridgehead atoms. The SMILES string of the molecule is CCn1nc(-c2ccccn2)cc(CO)c1=O. The molecule has 2 rings (SSSR count). The van der Waals surface area contributed by atoms with Crippen molar-refractivity contribution in [2.24, 2.45) is 0 Å². The average Bonchev–Trinajstić information content (AvgIpc) is 2.40. The zero-order valence-corrected chi connectivity index (χ0v) is 9.50. The van der Waals surface area contributed by atoms with Gasteiger partial charge in [-0.3, -0.25) is 9.78 Å². The molecule has 0 radical (unpaired) electrons. The molecule has 0 spiro atoms. The molecule has 0 amide bonds. The lowest BCUT2D eigenvalue weighted by Gasteiger charge is -2.07. The largest absolute Gasteiger partial charge is 0.391 e. The smallest absolute Gasteiger partial charge is 0.272 e. The van der Waals surface area contributed by atoms with Gasteiger partial charge in [-0.25, -0.2) is 4.68 Å². The Kier molecular flexibility index (Phi) is 3.30. The molecule has 0 fully saturated rings. The van der Waals surface area contributed by atoms with Crippen LogP contribution in [0.4, 0.5) is 0 Å². The molecule has 0 aliphatic rings. The fourth-order valence-electron chi connectivity index (χ4n) is 1.56. The van der Waals surface area contributed by atoms with E-state index in [2.05, 4.69) is 10.1 Å². The number of nitrogens with zero attached hydrogens (tertiary/aromatic N) is 3. The summed E-state index contributed by atoms with van der Waals surface area (Å²) < 4.78 is 1.33. The third-order valence-corrected chi connectivity index (χ3v) is 2.45. The number of aliphatic hydroxyl groups is 1. The second kappa shape index (κ2) is 4.88. The molecular weight excluding hydrogens is 218 g/mol. The predicted molar refractivity (Wildman–Crippen MR) is 63.3 cm³/mol. The van der Waals surface area contributed by atoms with Crippen LogP contribution in [-0.2, 0) is 13.2 Å². The van der Waals surface area contributed by atoms with Crippen LogP contribution in [0.2, 0.25) is 0 Å². The molecule has 0 aromatic carbocycles. The van der Waals surface area contributed by atoms with Gasteiger partial charge in [-0.05, 0) is 25.1 Å². The van der Waals surface area contributed by atoms with E-state index in [1.54, 1.807) is 12.3 Å². The fraction of sp³-hybridized carbons (Fsp3) is 0.250. The van der Waals surface area contributed by atoms with E-state index >= 15 is 0 Å². The van der Waals surface area contributed by atoms with Crippen molar-refractivity contribution in [2.75, 3.05) is 0 Å². The highest BCUT2D eigenvalue weighted by molar-refractivity contribution is 5.53. The predicted octanol–water partition coefficient (Wildman–Crippen LogP) is 0.817. The number of rotatable bonds is 3. The molecule has 0 aliphatic heterocycles. The van der Waals surface area contributed by atoms with Crippen molar-refractivity contribution in [3.05, 3.63) is 46.4 Å². The summed E-state index contributed by atoms with van der Waals surface area (Å²) in [5.41, 5.74) is 1.36. The van der Waals surface area contributed by atoms with Gasteiger partial charge in [0.25, 0.3) is 5.56 Å². The van der Waals surface area contributed by atoms with Gasteiger partial charge in [0.15, 0.2) is 0 Å². The van der Waals surface area contributed by atoms with Gasteiger partial charge in [0.2, 0.25) is 0 Å². The van der Waals surface area contributed by atoms with Crippen LogP contribution in [0.25, 0.3) is 11.4 Å². The van der Waals surface area contributed by atoms with Gasteiger partial charge in [-0.15, -0.1) is 0 Å². The van der Waals surface area contributed by atoms with Crippen LogP contribution in [0.15, 0.2) is 35.3 Å². The lowest BCUT2D eigenvalue weighted by molar-refractivity contribution is 0.278. The molecule has 1 N–H and O–H groups in total. The van der Waals surface area contributed by atoms with E-state index in [0.717, 1.165) is 0 Å². The Balaban J connectivity index is 2.60. The van der Waals surface area contributed by atoms with Crippen molar-refractivity contribution in [2.45, 2.75) is 20.1 Å². The van der Waals surface area contributed by atoms with Crippen LogP contribution in [0, 0.1) is 0 Å². The van der Waals surface area contributed by atoms with Crippen LogP contribution >= 0.6 is 0 Å². The fourth-order valence-corrected chi connectivity index (χ4v) is 1.56. The van der Waals surface area contributed by atoms with E-state index in [4.69, 9.17) is 5.11 Å². The van der Waals surface area contributed by atoms with Crippen molar-refractivity contribution < 1.29 is 5.11 Å². The van der Waals surface area contributed by atoms with Gasteiger partial charge >= 0.3 is 0 Å². The maximum Gasteiger partial charge on any atom is 0.272 e. The Morgan fingerprint density at radius 3 is 2.76 bits per heavy atom. The molecular formula is C12H13N3O2. The molecule has 88 valence electrons. The zero-order chi connectivity index (χ0) is 12.3. The summed E-state index contributed by atoms with van der Waals surface area (Å²) in [6, 6.07) is 7.06. The summed E-state index contributed by atoms with van der Waals surface area (Å²) in [5, 5.41) is 13.3. The van der Waals surface area contributed by atoms with Gasteiger partial charge in [-0.2, -0.15) is 5.10 Å². The number of aromatic nitrogens is 3. The molecule has 0 aliphatic carbocycles. The lowest BCUT2D eigenvalue weighted by atomic mass is 10.2. The normalized spacial score (nSPS) is 10.5. The number of hydrogen-bond acceptors (Lipinski definition) is 4. The van der Waals surface area contributed by atoms with Crippen LogP contribution in [0.1, 0.15) is 12.5 Å². The van der Waals surface area contributed by atoms with E-state index < -0.39 is 0 Å². The van der Waals surface area contributed by atoms with Crippen LogP contribution in [-0.4, -0.2) is 19.9 Å². The summed E-state index contributed by atoms with van der Waals surface area (Å²) in [6.07, 6.45) is 1.66. The molecule has 0 atom stereocenters. The highest BCUT2D eigenvalue weighted by Crippen LogP contribution is 2.12. The Morgan fingerprint density at radius 2 is 2.18 bits per heavy atom. The summed E-state index contributed by atoms with van der Waals surface area (Å²) in [6.45, 7) is 2.01. The molecule has 17 heavy (non-hydrogen) atoms. The molecule has 2 aromatic rings. The Morgan fingerprint density at radius 1 is 1.35 bits per heavy atom. The first-order chi connectivity index (χ1) is 8.26. The minimum absolute atomic E-state index is 0.255. The van der Waals surface area contributed by atoms with E-state index in [9.17, 15) is 4.79 Å². The number of aryl methyl sites for hydroxylation is 1. The average molecular weight is 231 g/mol. The maximum absolute atomic E-state index is 11.7. The zero-order valence-electron chi connectivity index (χ0n) is 9.50. The third kappa shape index (κ3) is 2.24. The quantitative estimate of drug-likeness (QED) is 0.849. The first kappa shape index (κ1) is 11.5. The number of hydrogen-bond donors (Lipinski definition) is 1. The molecule has 0 unspecified atom stereocenters. The minimum atomic E-state index is -0.290. The number of aliphatic hydroxyl groups excluding tert-OH is 1. The van der Waals surface area contributed by atoms with Gasteiger partial charge < -0.3 is 5.11 Å². The van der Waals surface area contributed by atoms with Gasteiger partial charge in [0.1, 0.15) is 5.69 Å². The van der Waals surface area contributed by atoms with Crippen molar-refractivity contribution in [3.63, 3.8) is 0 Å². The van der Waals surface area contributed by atoms with E-state index in [1.165, 1.54) is 4.68 Å². The molecule has 0 saturated carbocycles. The standard InChI is InChI=1S/C12H13N3O2/c1-2-15-12(17)9(8-16)7-11(14-15)10-5-3-4-6-13-10/h3-7,16H,2,8H2,1H3. The lowest BCUT2D eigenvalue weighted by Crippen LogP contribution is -2.26.